The second-order valence-electron chi connectivity index (χ2n) is 6.17. The van der Waals surface area contributed by atoms with Crippen molar-refractivity contribution in [3.63, 3.8) is 0 Å². The van der Waals surface area contributed by atoms with Crippen molar-refractivity contribution in [1.29, 1.82) is 0 Å². The van der Waals surface area contributed by atoms with Gasteiger partial charge in [-0.1, -0.05) is 11.6 Å². The Balaban J connectivity index is 2.38. The highest BCUT2D eigenvalue weighted by molar-refractivity contribution is 7.89. The number of carbonyl (C=O) groups excluding carboxylic acids is 1. The summed E-state index contributed by atoms with van der Waals surface area (Å²) in [4.78, 5) is 11.7. The third kappa shape index (κ3) is 6.31. The Morgan fingerprint density at radius 2 is 1.93 bits per heavy atom. The Morgan fingerprint density at radius 1 is 1.29 bits per heavy atom. The predicted molar refractivity (Wildman–Crippen MR) is 94.2 cm³/mol. The van der Waals surface area contributed by atoms with Crippen LogP contribution in [-0.2, 0) is 24.3 Å². The first-order valence-corrected chi connectivity index (χ1v) is 10.2. The van der Waals surface area contributed by atoms with Gasteiger partial charge >= 0.3 is 6.18 Å². The molecule has 1 amide bonds. The molecule has 0 radical (unpaired) electrons. The molecular formula is C16H20ClF3N2O5S. The molecule has 1 fully saturated rings. The fraction of sp³-hybridized carbons (Fsp3) is 0.562. The molecule has 2 rings (SSSR count). The third-order valence-corrected chi connectivity index (χ3v) is 6.21. The highest BCUT2D eigenvalue weighted by Gasteiger charge is 2.39. The van der Waals surface area contributed by atoms with E-state index in [0.717, 1.165) is 0 Å². The van der Waals surface area contributed by atoms with Crippen LogP contribution < -0.4 is 5.73 Å². The van der Waals surface area contributed by atoms with Crippen molar-refractivity contribution in [2.24, 2.45) is 5.73 Å². The molecule has 1 aromatic carbocycles. The van der Waals surface area contributed by atoms with Crippen LogP contribution in [0.3, 0.4) is 0 Å². The lowest BCUT2D eigenvalue weighted by Crippen LogP contribution is -2.52. The van der Waals surface area contributed by atoms with E-state index < -0.39 is 47.1 Å². The number of amides is 1. The molecule has 158 valence electrons. The summed E-state index contributed by atoms with van der Waals surface area (Å²) in [7, 11) is -4.36. The quantitative estimate of drug-likeness (QED) is 0.660. The summed E-state index contributed by atoms with van der Waals surface area (Å²) >= 11 is 5.77. The van der Waals surface area contributed by atoms with Crippen LogP contribution >= 0.6 is 11.6 Å². The van der Waals surface area contributed by atoms with Gasteiger partial charge in [-0.2, -0.15) is 17.5 Å². The van der Waals surface area contributed by atoms with E-state index in [0.29, 0.717) is 10.9 Å². The van der Waals surface area contributed by atoms with Gasteiger partial charge in [-0.25, -0.2) is 8.42 Å². The Hall–Kier alpha value is -1.40. The summed E-state index contributed by atoms with van der Waals surface area (Å²) in [6.07, 6.45) is -7.49. The number of ether oxygens (including phenoxy) is 2. The average molecular weight is 445 g/mol. The molecule has 1 aromatic rings. The molecule has 1 heterocycles. The summed E-state index contributed by atoms with van der Waals surface area (Å²) in [5, 5.41) is 0.276. The number of nitrogens with two attached hydrogens (primary N) is 1. The van der Waals surface area contributed by atoms with Gasteiger partial charge in [0.05, 0.1) is 30.8 Å². The molecule has 0 aromatic heterocycles. The SMILES string of the molecule is NC(=O)[C@@H](CCC(F)(F)F)N(C[C@@H]1COCCO1)S(=O)(=O)c1ccc(Cl)cc1. The summed E-state index contributed by atoms with van der Waals surface area (Å²) in [6, 6.07) is 3.34. The van der Waals surface area contributed by atoms with Crippen LogP contribution in [0.5, 0.6) is 0 Å². The van der Waals surface area contributed by atoms with Crippen LogP contribution in [0.2, 0.25) is 5.02 Å². The second kappa shape index (κ2) is 9.40. The van der Waals surface area contributed by atoms with E-state index in [1.807, 2.05) is 0 Å². The highest BCUT2D eigenvalue weighted by Crippen LogP contribution is 2.27. The van der Waals surface area contributed by atoms with E-state index in [2.05, 4.69) is 0 Å². The number of hydrogen-bond donors (Lipinski definition) is 1. The van der Waals surface area contributed by atoms with Gasteiger partial charge in [0.25, 0.3) is 0 Å². The first kappa shape index (κ1) is 22.9. The zero-order valence-corrected chi connectivity index (χ0v) is 16.3. The van der Waals surface area contributed by atoms with E-state index in [9.17, 15) is 26.4 Å². The number of sulfonamides is 1. The Bertz CT molecular complexity index is 767. The van der Waals surface area contributed by atoms with Crippen molar-refractivity contribution < 1.29 is 35.9 Å². The standard InChI is InChI=1S/C16H20ClF3N2O5S/c17-11-1-3-13(4-2-11)28(24,25)22(9-12-10-26-7-8-27-12)14(15(21)23)5-6-16(18,19)20/h1-4,12,14H,5-10H2,(H2,21,23)/t12-,14-/m1/s1. The van der Waals surface area contributed by atoms with Crippen molar-refractivity contribution in [2.75, 3.05) is 26.4 Å². The van der Waals surface area contributed by atoms with Gasteiger partial charge in [-0.15, -0.1) is 0 Å². The molecule has 1 aliphatic heterocycles. The van der Waals surface area contributed by atoms with Gasteiger partial charge < -0.3 is 15.2 Å². The third-order valence-electron chi connectivity index (χ3n) is 4.07. The molecule has 0 spiro atoms. The number of halogens is 4. The zero-order valence-electron chi connectivity index (χ0n) is 14.7. The lowest BCUT2D eigenvalue weighted by Gasteiger charge is -2.33. The second-order valence-corrected chi connectivity index (χ2v) is 8.50. The molecule has 1 aliphatic rings. The lowest BCUT2D eigenvalue weighted by atomic mass is 10.1. The normalized spacial score (nSPS) is 19.5. The number of alkyl halides is 3. The van der Waals surface area contributed by atoms with Crippen molar-refractivity contribution in [2.45, 2.75) is 36.1 Å². The number of rotatable bonds is 8. The molecule has 2 atom stereocenters. The molecule has 0 unspecified atom stereocenters. The van der Waals surface area contributed by atoms with E-state index in [4.69, 9.17) is 26.8 Å². The van der Waals surface area contributed by atoms with Gasteiger partial charge in [0.2, 0.25) is 15.9 Å². The number of benzene rings is 1. The number of nitrogens with zero attached hydrogens (tertiary/aromatic N) is 1. The number of primary amides is 1. The van der Waals surface area contributed by atoms with Crippen molar-refractivity contribution in [3.8, 4) is 0 Å². The minimum Gasteiger partial charge on any atom is -0.376 e. The maximum absolute atomic E-state index is 13.1. The summed E-state index contributed by atoms with van der Waals surface area (Å²) in [6.45, 7) is 0.171. The molecule has 1 saturated heterocycles. The fourth-order valence-corrected chi connectivity index (χ4v) is 4.49. The summed E-state index contributed by atoms with van der Waals surface area (Å²) in [5.74, 6) is -1.18. The number of carbonyl (C=O) groups is 1. The van der Waals surface area contributed by atoms with E-state index >= 15 is 0 Å². The molecule has 0 bridgehead atoms. The highest BCUT2D eigenvalue weighted by atomic mass is 35.5. The van der Waals surface area contributed by atoms with E-state index in [1.165, 1.54) is 24.3 Å². The van der Waals surface area contributed by atoms with E-state index in [-0.39, 0.29) is 29.7 Å². The van der Waals surface area contributed by atoms with Crippen molar-refractivity contribution in [1.82, 2.24) is 4.31 Å². The molecule has 2 N–H and O–H groups in total. The average Bonchev–Trinajstić information content (AvgIpc) is 2.61. The first-order valence-electron chi connectivity index (χ1n) is 8.33. The van der Waals surface area contributed by atoms with Gasteiger partial charge in [-0.3, -0.25) is 4.79 Å². The van der Waals surface area contributed by atoms with Crippen LogP contribution in [0.15, 0.2) is 29.2 Å². The van der Waals surface area contributed by atoms with Crippen molar-refractivity contribution in [3.05, 3.63) is 29.3 Å². The van der Waals surface area contributed by atoms with Crippen LogP contribution in [0.25, 0.3) is 0 Å². The van der Waals surface area contributed by atoms with Gasteiger partial charge in [0, 0.05) is 18.0 Å². The molecule has 28 heavy (non-hydrogen) atoms. The maximum Gasteiger partial charge on any atom is 0.389 e. The molecular weight excluding hydrogens is 425 g/mol. The smallest absolute Gasteiger partial charge is 0.376 e. The minimum atomic E-state index is -4.58. The predicted octanol–water partition coefficient (Wildman–Crippen LogP) is 1.94. The van der Waals surface area contributed by atoms with Gasteiger partial charge in [0.15, 0.2) is 0 Å². The monoisotopic (exact) mass is 444 g/mol. The Kier molecular flexibility index (Phi) is 7.68. The van der Waals surface area contributed by atoms with Crippen LogP contribution in [-0.4, -0.2) is 63.3 Å². The largest absolute Gasteiger partial charge is 0.389 e. The Morgan fingerprint density at radius 3 is 2.43 bits per heavy atom. The summed E-state index contributed by atoms with van der Waals surface area (Å²) in [5.41, 5.74) is 5.27. The summed E-state index contributed by atoms with van der Waals surface area (Å²) < 4.78 is 75.5. The van der Waals surface area contributed by atoms with Gasteiger partial charge in [0.1, 0.15) is 6.04 Å². The zero-order chi connectivity index (χ0) is 20.9. The maximum atomic E-state index is 13.1. The Labute approximate surface area is 165 Å². The lowest BCUT2D eigenvalue weighted by molar-refractivity contribution is -0.141. The fourth-order valence-electron chi connectivity index (χ4n) is 2.71. The minimum absolute atomic E-state index is 0.0391. The topological polar surface area (TPSA) is 98.9 Å². The van der Waals surface area contributed by atoms with Crippen LogP contribution in [0.1, 0.15) is 12.8 Å². The van der Waals surface area contributed by atoms with Crippen LogP contribution in [0, 0.1) is 0 Å². The van der Waals surface area contributed by atoms with Gasteiger partial charge in [-0.05, 0) is 30.7 Å². The van der Waals surface area contributed by atoms with E-state index in [1.54, 1.807) is 0 Å². The molecule has 0 aliphatic carbocycles. The van der Waals surface area contributed by atoms with Crippen molar-refractivity contribution >= 4 is 27.5 Å². The number of hydrogen-bond acceptors (Lipinski definition) is 5. The van der Waals surface area contributed by atoms with Crippen LogP contribution in [0.4, 0.5) is 13.2 Å². The molecule has 0 saturated carbocycles. The molecule has 12 heteroatoms. The first-order chi connectivity index (χ1) is 13.0. The molecule has 7 nitrogen and oxygen atoms in total.